The van der Waals surface area contributed by atoms with Gasteiger partial charge in [-0.05, 0) is 19.1 Å². The zero-order chi connectivity index (χ0) is 12.6. The van der Waals surface area contributed by atoms with Gasteiger partial charge in [-0.15, -0.1) is 0 Å². The zero-order valence-electron chi connectivity index (χ0n) is 10.4. The number of ether oxygens (including phenoxy) is 1. The van der Waals surface area contributed by atoms with Crippen LogP contribution in [-0.2, 0) is 17.8 Å². The van der Waals surface area contributed by atoms with Gasteiger partial charge in [0.25, 0.3) is 0 Å². The molecule has 1 heterocycles. The molecule has 0 fully saturated rings. The highest BCUT2D eigenvalue weighted by molar-refractivity contribution is 5.42. The van der Waals surface area contributed by atoms with Crippen LogP contribution in [-0.4, -0.2) is 23.3 Å². The minimum atomic E-state index is 0.409. The Bertz CT molecular complexity index is 456. The van der Waals surface area contributed by atoms with E-state index in [1.54, 1.807) is 0 Å². The summed E-state index contributed by atoms with van der Waals surface area (Å²) in [6, 6.07) is 10.0. The lowest BCUT2D eigenvalue weighted by Crippen LogP contribution is -2.05. The van der Waals surface area contributed by atoms with Crippen molar-refractivity contribution in [3.05, 3.63) is 42.0 Å². The third kappa shape index (κ3) is 3.85. The fourth-order valence-electron chi connectivity index (χ4n) is 1.51. The summed E-state index contributed by atoms with van der Waals surface area (Å²) < 4.78 is 10.3. The average Bonchev–Trinajstić information content (AvgIpc) is 2.85. The lowest BCUT2D eigenvalue weighted by Gasteiger charge is -2.02. The highest BCUT2D eigenvalue weighted by Gasteiger charge is 2.05. The first-order valence-electron chi connectivity index (χ1n) is 6.06. The number of hydrogen-bond donors (Lipinski definition) is 1. The minimum absolute atomic E-state index is 0.409. The van der Waals surface area contributed by atoms with E-state index in [4.69, 9.17) is 9.26 Å². The monoisotopic (exact) mass is 247 g/mol. The van der Waals surface area contributed by atoms with E-state index in [-0.39, 0.29) is 0 Å². The molecular weight excluding hydrogens is 230 g/mol. The van der Waals surface area contributed by atoms with Crippen LogP contribution in [0.25, 0.3) is 0 Å². The van der Waals surface area contributed by atoms with Gasteiger partial charge in [-0.2, -0.15) is 4.98 Å². The number of benzene rings is 1. The van der Waals surface area contributed by atoms with Crippen LogP contribution in [0.2, 0.25) is 0 Å². The Hall–Kier alpha value is -1.88. The van der Waals surface area contributed by atoms with Crippen LogP contribution in [0.4, 0.5) is 5.69 Å². The Labute approximate surface area is 106 Å². The molecule has 0 spiro atoms. The second kappa shape index (κ2) is 6.76. The lowest BCUT2D eigenvalue weighted by atomic mass is 10.3. The van der Waals surface area contributed by atoms with Gasteiger partial charge in [0, 0.05) is 25.3 Å². The molecule has 2 rings (SSSR count). The molecule has 0 saturated carbocycles. The van der Waals surface area contributed by atoms with E-state index in [0.717, 1.165) is 12.2 Å². The molecule has 5 heteroatoms. The molecule has 2 aromatic rings. The number of nitrogens with one attached hydrogen (secondary N) is 1. The van der Waals surface area contributed by atoms with Crippen LogP contribution >= 0.6 is 0 Å². The molecule has 0 radical (unpaired) electrons. The molecule has 5 nitrogen and oxygen atoms in total. The summed E-state index contributed by atoms with van der Waals surface area (Å²) in [5.41, 5.74) is 1.09. The van der Waals surface area contributed by atoms with Gasteiger partial charge in [-0.1, -0.05) is 23.4 Å². The van der Waals surface area contributed by atoms with Crippen molar-refractivity contribution in [1.82, 2.24) is 10.1 Å². The predicted octanol–water partition coefficient (Wildman–Crippen LogP) is 2.26. The standard InChI is InChI=1S/C13H17N3O2/c1-2-17-10-12-15-13(18-16-12)8-9-14-11-6-4-3-5-7-11/h3-7,14H,2,8-10H2,1H3. The Morgan fingerprint density at radius 1 is 1.28 bits per heavy atom. The molecule has 1 N–H and O–H groups in total. The first kappa shape index (κ1) is 12.6. The SMILES string of the molecule is CCOCc1noc(CCNc2ccccc2)n1. The summed E-state index contributed by atoms with van der Waals surface area (Å²) in [5, 5.41) is 7.13. The first-order chi connectivity index (χ1) is 8.88. The van der Waals surface area contributed by atoms with E-state index in [1.165, 1.54) is 0 Å². The molecule has 0 unspecified atom stereocenters. The molecular formula is C13H17N3O2. The number of aromatic nitrogens is 2. The molecule has 96 valence electrons. The van der Waals surface area contributed by atoms with Crippen molar-refractivity contribution in [1.29, 1.82) is 0 Å². The quantitative estimate of drug-likeness (QED) is 0.813. The average molecular weight is 247 g/mol. The number of hydrogen-bond acceptors (Lipinski definition) is 5. The van der Waals surface area contributed by atoms with Gasteiger partial charge in [0.15, 0.2) is 5.82 Å². The van der Waals surface area contributed by atoms with Crippen LogP contribution in [0.15, 0.2) is 34.9 Å². The van der Waals surface area contributed by atoms with Crippen molar-refractivity contribution < 1.29 is 9.26 Å². The summed E-state index contributed by atoms with van der Waals surface area (Å²) in [6.45, 7) is 3.76. The molecule has 0 aliphatic heterocycles. The number of anilines is 1. The van der Waals surface area contributed by atoms with Gasteiger partial charge in [0.1, 0.15) is 6.61 Å². The normalized spacial score (nSPS) is 10.5. The lowest BCUT2D eigenvalue weighted by molar-refractivity contribution is 0.126. The molecule has 0 amide bonds. The molecule has 0 aliphatic carbocycles. The Kier molecular flexibility index (Phi) is 4.72. The summed E-state index contributed by atoms with van der Waals surface area (Å²) in [7, 11) is 0. The minimum Gasteiger partial charge on any atom is -0.385 e. The van der Waals surface area contributed by atoms with Crippen LogP contribution in [0, 0.1) is 0 Å². The fourth-order valence-corrected chi connectivity index (χ4v) is 1.51. The van der Waals surface area contributed by atoms with Gasteiger partial charge in [-0.3, -0.25) is 0 Å². The van der Waals surface area contributed by atoms with Gasteiger partial charge < -0.3 is 14.6 Å². The number of para-hydroxylation sites is 1. The highest BCUT2D eigenvalue weighted by Crippen LogP contribution is 2.05. The van der Waals surface area contributed by atoms with Crippen molar-refractivity contribution in [3.8, 4) is 0 Å². The van der Waals surface area contributed by atoms with E-state index >= 15 is 0 Å². The summed E-state index contributed by atoms with van der Waals surface area (Å²) in [4.78, 5) is 4.24. The summed E-state index contributed by atoms with van der Waals surface area (Å²) >= 11 is 0. The molecule has 1 aromatic heterocycles. The third-order valence-corrected chi connectivity index (χ3v) is 2.39. The van der Waals surface area contributed by atoms with Crippen LogP contribution in [0.1, 0.15) is 18.6 Å². The van der Waals surface area contributed by atoms with Crippen molar-refractivity contribution in [2.45, 2.75) is 20.0 Å². The van der Waals surface area contributed by atoms with Gasteiger partial charge >= 0.3 is 0 Å². The Morgan fingerprint density at radius 3 is 2.89 bits per heavy atom. The summed E-state index contributed by atoms with van der Waals surface area (Å²) in [6.07, 6.45) is 0.702. The summed E-state index contributed by atoms with van der Waals surface area (Å²) in [5.74, 6) is 1.24. The van der Waals surface area contributed by atoms with Crippen molar-refractivity contribution in [3.63, 3.8) is 0 Å². The van der Waals surface area contributed by atoms with Crippen LogP contribution in [0.5, 0.6) is 0 Å². The predicted molar refractivity (Wildman–Crippen MR) is 68.3 cm³/mol. The maximum absolute atomic E-state index is 5.21. The first-order valence-corrected chi connectivity index (χ1v) is 6.06. The van der Waals surface area contributed by atoms with Crippen molar-refractivity contribution >= 4 is 5.69 Å². The topological polar surface area (TPSA) is 60.2 Å². The molecule has 1 aromatic carbocycles. The van der Waals surface area contributed by atoms with E-state index in [0.29, 0.717) is 31.3 Å². The second-order valence-corrected chi connectivity index (χ2v) is 3.78. The van der Waals surface area contributed by atoms with Crippen molar-refractivity contribution in [2.24, 2.45) is 0 Å². The molecule has 0 atom stereocenters. The fraction of sp³-hybridized carbons (Fsp3) is 0.385. The van der Waals surface area contributed by atoms with Crippen molar-refractivity contribution in [2.75, 3.05) is 18.5 Å². The van der Waals surface area contributed by atoms with Gasteiger partial charge in [-0.25, -0.2) is 0 Å². The van der Waals surface area contributed by atoms with Crippen LogP contribution in [0.3, 0.4) is 0 Å². The second-order valence-electron chi connectivity index (χ2n) is 3.78. The largest absolute Gasteiger partial charge is 0.385 e. The highest BCUT2D eigenvalue weighted by atomic mass is 16.5. The molecule has 0 aliphatic rings. The van der Waals surface area contributed by atoms with E-state index in [2.05, 4.69) is 15.5 Å². The van der Waals surface area contributed by atoms with Gasteiger partial charge in [0.2, 0.25) is 5.89 Å². The molecule has 18 heavy (non-hydrogen) atoms. The third-order valence-electron chi connectivity index (χ3n) is 2.39. The van der Waals surface area contributed by atoms with E-state index in [1.807, 2.05) is 37.3 Å². The maximum Gasteiger partial charge on any atom is 0.228 e. The number of rotatable bonds is 7. The smallest absolute Gasteiger partial charge is 0.228 e. The zero-order valence-corrected chi connectivity index (χ0v) is 10.4. The van der Waals surface area contributed by atoms with E-state index < -0.39 is 0 Å². The maximum atomic E-state index is 5.21. The Morgan fingerprint density at radius 2 is 2.11 bits per heavy atom. The molecule has 0 bridgehead atoms. The van der Waals surface area contributed by atoms with Gasteiger partial charge in [0.05, 0.1) is 0 Å². The van der Waals surface area contributed by atoms with E-state index in [9.17, 15) is 0 Å². The Balaban J connectivity index is 1.75. The van der Waals surface area contributed by atoms with Crippen LogP contribution < -0.4 is 5.32 Å². The number of nitrogens with zero attached hydrogens (tertiary/aromatic N) is 2. The molecule has 0 saturated heterocycles.